The molecule has 1 N–H and O–H groups in total. The fourth-order valence-corrected chi connectivity index (χ4v) is 5.49. The normalized spacial score (nSPS) is 15.0. The second kappa shape index (κ2) is 13.1. The molecule has 0 saturated carbocycles. The third-order valence-electron chi connectivity index (χ3n) is 4.55. The molecule has 3 rings (SSSR count). The van der Waals surface area contributed by atoms with Crippen LogP contribution in [0.1, 0.15) is 38.8 Å². The van der Waals surface area contributed by atoms with Crippen molar-refractivity contribution in [3.8, 4) is 5.75 Å². The predicted octanol–water partition coefficient (Wildman–Crippen LogP) is 5.55. The van der Waals surface area contributed by atoms with Gasteiger partial charge in [0.25, 0.3) is 11.8 Å². The summed E-state index contributed by atoms with van der Waals surface area (Å²) >= 11 is 0. The fraction of sp³-hybridized carbons (Fsp3) is 0.348. The first kappa shape index (κ1) is 28.7. The molecule has 0 saturated heterocycles. The highest BCUT2D eigenvalue weighted by molar-refractivity contribution is 7.49. The van der Waals surface area contributed by atoms with Crippen LogP contribution in [0.4, 0.5) is 5.69 Å². The Balaban J connectivity index is 1.98. The van der Waals surface area contributed by atoms with Crippen LogP contribution < -0.4 is 9.84 Å². The lowest BCUT2D eigenvalue weighted by Gasteiger charge is -2.18. The van der Waals surface area contributed by atoms with E-state index in [1.807, 2.05) is 0 Å². The highest BCUT2D eigenvalue weighted by atomic mass is 31.2. The van der Waals surface area contributed by atoms with Crippen LogP contribution in [0.25, 0.3) is 0 Å². The zero-order valence-corrected chi connectivity index (χ0v) is 22.7. The SMILES string of the molecule is CCOP(=O)(OCC)O/C(=N/N=C1\C(=O)Nc2ccccc21)c1ccc(OP(=O)(OCC)OCC)cc1. The smallest absolute Gasteiger partial charge is 0.404 e. The second-order valence-corrected chi connectivity index (χ2v) is 10.3. The number of hydrogen-bond donors (Lipinski definition) is 1. The monoisotopic (exact) mass is 553 g/mol. The molecule has 1 aliphatic heterocycles. The van der Waals surface area contributed by atoms with Gasteiger partial charge in [0, 0.05) is 11.1 Å². The predicted molar refractivity (Wildman–Crippen MR) is 138 cm³/mol. The van der Waals surface area contributed by atoms with Gasteiger partial charge in [-0.2, -0.15) is 0 Å². The minimum Gasteiger partial charge on any atom is -0.404 e. The van der Waals surface area contributed by atoms with E-state index in [0.717, 1.165) is 0 Å². The van der Waals surface area contributed by atoms with Crippen molar-refractivity contribution in [3.05, 3.63) is 59.7 Å². The Morgan fingerprint density at radius 2 is 1.38 bits per heavy atom. The summed E-state index contributed by atoms with van der Waals surface area (Å²) < 4.78 is 57.5. The Labute approximate surface area is 215 Å². The first-order valence-corrected chi connectivity index (χ1v) is 14.5. The maximum absolute atomic E-state index is 13.1. The van der Waals surface area contributed by atoms with Gasteiger partial charge in [-0.1, -0.05) is 18.2 Å². The molecule has 0 fully saturated rings. The molecule has 0 atom stereocenters. The Hall–Kier alpha value is -2.85. The molecule has 14 heteroatoms. The summed E-state index contributed by atoms with van der Waals surface area (Å²) in [5, 5.41) is 10.9. The van der Waals surface area contributed by atoms with Gasteiger partial charge < -0.3 is 14.4 Å². The third kappa shape index (κ3) is 7.58. The number of rotatable bonds is 13. The summed E-state index contributed by atoms with van der Waals surface area (Å²) in [6, 6.07) is 12.9. The number of nitrogens with zero attached hydrogens (tertiary/aromatic N) is 2. The molecule has 0 aromatic heterocycles. The summed E-state index contributed by atoms with van der Waals surface area (Å²) in [7, 11) is -7.87. The van der Waals surface area contributed by atoms with Crippen LogP contribution >= 0.6 is 15.6 Å². The van der Waals surface area contributed by atoms with Gasteiger partial charge in [0.2, 0.25) is 0 Å². The molecule has 1 heterocycles. The van der Waals surface area contributed by atoms with Gasteiger partial charge >= 0.3 is 15.6 Å². The molecular weight excluding hydrogens is 524 g/mol. The van der Waals surface area contributed by atoms with E-state index in [4.69, 9.17) is 27.1 Å². The van der Waals surface area contributed by atoms with Gasteiger partial charge in [0.1, 0.15) is 5.75 Å². The van der Waals surface area contributed by atoms with Crippen LogP contribution in [0.5, 0.6) is 5.75 Å². The number of carbonyl (C=O) groups excluding carboxylic acids is 1. The van der Waals surface area contributed by atoms with E-state index in [2.05, 4.69) is 15.5 Å². The molecule has 2 aromatic rings. The molecule has 0 unspecified atom stereocenters. The summed E-state index contributed by atoms with van der Waals surface area (Å²) in [5.41, 5.74) is 1.49. The van der Waals surface area contributed by atoms with Crippen molar-refractivity contribution in [2.45, 2.75) is 27.7 Å². The summed E-state index contributed by atoms with van der Waals surface area (Å²) in [4.78, 5) is 12.4. The van der Waals surface area contributed by atoms with E-state index in [1.165, 1.54) is 24.3 Å². The number of anilines is 1. The van der Waals surface area contributed by atoms with Gasteiger partial charge in [-0.05, 0) is 58.0 Å². The Morgan fingerprint density at radius 3 is 1.97 bits per heavy atom. The maximum atomic E-state index is 13.1. The zero-order valence-electron chi connectivity index (χ0n) is 20.9. The second-order valence-electron chi connectivity index (χ2n) is 7.13. The van der Waals surface area contributed by atoms with Gasteiger partial charge in [0.15, 0.2) is 5.71 Å². The lowest BCUT2D eigenvalue weighted by molar-refractivity contribution is -0.110. The van der Waals surface area contributed by atoms with E-state index in [0.29, 0.717) is 16.8 Å². The first-order chi connectivity index (χ1) is 17.8. The topological polar surface area (TPSA) is 143 Å². The first-order valence-electron chi connectivity index (χ1n) is 11.6. The minimum absolute atomic E-state index is 0.0474. The molecule has 200 valence electrons. The van der Waals surface area contributed by atoms with Crippen molar-refractivity contribution in [3.63, 3.8) is 0 Å². The van der Waals surface area contributed by atoms with Crippen molar-refractivity contribution < 1.29 is 41.1 Å². The molecule has 37 heavy (non-hydrogen) atoms. The van der Waals surface area contributed by atoms with Crippen molar-refractivity contribution >= 4 is 38.8 Å². The number of phosphoric acid groups is 2. The number of benzene rings is 2. The van der Waals surface area contributed by atoms with Crippen LogP contribution in [-0.2, 0) is 36.5 Å². The highest BCUT2D eigenvalue weighted by Crippen LogP contribution is 2.51. The van der Waals surface area contributed by atoms with Gasteiger partial charge in [-0.25, -0.2) is 9.13 Å². The van der Waals surface area contributed by atoms with E-state index in [9.17, 15) is 13.9 Å². The van der Waals surface area contributed by atoms with Crippen LogP contribution in [-0.4, -0.2) is 43.9 Å². The number of phosphoric ester groups is 2. The Morgan fingerprint density at radius 1 is 0.811 bits per heavy atom. The van der Waals surface area contributed by atoms with Crippen molar-refractivity contribution in [1.82, 2.24) is 0 Å². The third-order valence-corrected chi connectivity index (χ3v) is 7.68. The summed E-state index contributed by atoms with van der Waals surface area (Å²) in [5.74, 6) is -0.505. The molecular formula is C23H29N3O9P2. The Bertz CT molecular complexity index is 1230. The average molecular weight is 553 g/mol. The van der Waals surface area contributed by atoms with E-state index in [-0.39, 0.29) is 43.8 Å². The maximum Gasteiger partial charge on any atom is 0.531 e. The zero-order chi connectivity index (χ0) is 26.9. The molecule has 0 spiro atoms. The quantitative estimate of drug-likeness (QED) is 0.146. The molecule has 0 radical (unpaired) electrons. The molecule has 1 amide bonds. The largest absolute Gasteiger partial charge is 0.531 e. The number of carbonyl (C=O) groups is 1. The average Bonchev–Trinajstić information content (AvgIpc) is 3.17. The van der Waals surface area contributed by atoms with Crippen LogP contribution in [0.15, 0.2) is 58.7 Å². The summed E-state index contributed by atoms with van der Waals surface area (Å²) in [6.07, 6.45) is 0. The minimum atomic E-state index is -4.06. The van der Waals surface area contributed by atoms with Crippen molar-refractivity contribution in [2.24, 2.45) is 10.2 Å². The number of nitrogens with one attached hydrogen (secondary N) is 1. The van der Waals surface area contributed by atoms with Crippen LogP contribution in [0.2, 0.25) is 0 Å². The number of para-hydroxylation sites is 1. The van der Waals surface area contributed by atoms with Gasteiger partial charge in [-0.15, -0.1) is 10.2 Å². The number of fused-ring (bicyclic) bond motifs is 1. The lowest BCUT2D eigenvalue weighted by atomic mass is 10.1. The highest BCUT2D eigenvalue weighted by Gasteiger charge is 2.31. The van der Waals surface area contributed by atoms with E-state index >= 15 is 0 Å². The molecule has 1 aliphatic rings. The lowest BCUT2D eigenvalue weighted by Crippen LogP contribution is -2.15. The number of hydrogen-bond acceptors (Lipinski definition) is 11. The van der Waals surface area contributed by atoms with Crippen molar-refractivity contribution in [2.75, 3.05) is 31.7 Å². The standard InChI is InChI=1S/C23H29N3O9P2/c1-5-30-36(28,31-6-2)34-18-15-13-17(14-16-18)23(35-37(29,32-7-3)33-8-4)26-25-21-19-11-9-10-12-20(19)24-22(21)27/h9-16H,5-8H2,1-4H3,(H,24,25,27)/b26-23+. The van der Waals surface area contributed by atoms with E-state index in [1.54, 1.807) is 52.0 Å². The van der Waals surface area contributed by atoms with Gasteiger partial charge in [0.05, 0.1) is 32.1 Å². The molecule has 0 bridgehead atoms. The Kier molecular flexibility index (Phi) is 10.2. The van der Waals surface area contributed by atoms with Crippen LogP contribution in [0.3, 0.4) is 0 Å². The van der Waals surface area contributed by atoms with Gasteiger partial charge in [-0.3, -0.25) is 22.9 Å². The number of amides is 1. The summed E-state index contributed by atoms with van der Waals surface area (Å²) in [6.45, 7) is 6.94. The van der Waals surface area contributed by atoms with E-state index < -0.39 is 21.6 Å². The molecule has 0 aliphatic carbocycles. The fourth-order valence-electron chi connectivity index (χ4n) is 3.13. The molecule has 2 aromatic carbocycles. The van der Waals surface area contributed by atoms with Crippen LogP contribution in [0, 0.1) is 0 Å². The molecule has 12 nitrogen and oxygen atoms in total. The van der Waals surface area contributed by atoms with Crippen molar-refractivity contribution in [1.29, 1.82) is 0 Å².